The van der Waals surface area contributed by atoms with Crippen LogP contribution in [0.5, 0.6) is 5.75 Å². The number of carbonyl (C=O) groups is 2. The van der Waals surface area contributed by atoms with E-state index in [-0.39, 0.29) is 34.2 Å². The highest BCUT2D eigenvalue weighted by atomic mass is 35.5. The second-order valence-corrected chi connectivity index (χ2v) is 7.69. The summed E-state index contributed by atoms with van der Waals surface area (Å²) < 4.78 is 11.2. The molecule has 1 aromatic heterocycles. The molecule has 0 spiro atoms. The minimum absolute atomic E-state index is 0.0856. The molecular formula is C20H18Cl2N2O6. The van der Waals surface area contributed by atoms with Crippen molar-refractivity contribution in [1.82, 2.24) is 0 Å². The number of aliphatic hydroxyl groups excluding tert-OH is 1. The minimum atomic E-state index is -1.43. The summed E-state index contributed by atoms with van der Waals surface area (Å²) in [6.45, 7) is 0.761. The standard InChI is InChI=1S/C20H18Cl2N2O6/c1-20(28,8-25)9-29-11-3-5-13-15(7-11)30-18(16(13)24-19(23)27)17(26)12-4-2-10(21)6-14(12)22/h2-7,25,28H,8-9H2,1H3,(H3,23,24,27). The third-order valence-corrected chi connectivity index (χ3v) is 4.73. The first kappa shape index (κ1) is 21.9. The summed E-state index contributed by atoms with van der Waals surface area (Å²) >= 11 is 12.0. The molecule has 0 aliphatic heterocycles. The average Bonchev–Trinajstić information content (AvgIpc) is 3.03. The number of furan rings is 1. The van der Waals surface area contributed by atoms with Crippen LogP contribution in [0.15, 0.2) is 40.8 Å². The van der Waals surface area contributed by atoms with Crippen molar-refractivity contribution in [3.8, 4) is 5.75 Å². The van der Waals surface area contributed by atoms with E-state index in [4.69, 9.17) is 43.2 Å². The van der Waals surface area contributed by atoms with Crippen LogP contribution in [0.1, 0.15) is 23.0 Å². The van der Waals surface area contributed by atoms with E-state index in [2.05, 4.69) is 5.32 Å². The Bertz CT molecular complexity index is 1130. The zero-order valence-corrected chi connectivity index (χ0v) is 17.3. The molecule has 8 nitrogen and oxygen atoms in total. The average molecular weight is 453 g/mol. The summed E-state index contributed by atoms with van der Waals surface area (Å²) in [5.74, 6) is -0.436. The maximum absolute atomic E-state index is 13.0. The van der Waals surface area contributed by atoms with Crippen LogP contribution in [0.3, 0.4) is 0 Å². The van der Waals surface area contributed by atoms with Gasteiger partial charge in [0.25, 0.3) is 0 Å². The van der Waals surface area contributed by atoms with E-state index in [9.17, 15) is 14.7 Å². The fourth-order valence-corrected chi connectivity index (χ4v) is 3.15. The Labute approximate surface area is 181 Å². The normalized spacial score (nSPS) is 13.1. The summed E-state index contributed by atoms with van der Waals surface area (Å²) in [7, 11) is 0. The summed E-state index contributed by atoms with van der Waals surface area (Å²) in [6.07, 6.45) is 0. The van der Waals surface area contributed by atoms with Gasteiger partial charge in [0.05, 0.1) is 11.6 Å². The summed E-state index contributed by atoms with van der Waals surface area (Å²) in [4.78, 5) is 24.5. The molecule has 5 N–H and O–H groups in total. The molecule has 2 amide bonds. The molecule has 1 unspecified atom stereocenters. The molecule has 1 heterocycles. The zero-order valence-electron chi connectivity index (χ0n) is 15.7. The number of amides is 2. The summed E-state index contributed by atoms with van der Waals surface area (Å²) in [5, 5.41) is 22.3. The molecular weight excluding hydrogens is 435 g/mol. The van der Waals surface area contributed by atoms with Gasteiger partial charge < -0.3 is 30.4 Å². The maximum atomic E-state index is 13.0. The van der Waals surface area contributed by atoms with Gasteiger partial charge in [-0.15, -0.1) is 0 Å². The Hall–Kier alpha value is -2.78. The van der Waals surface area contributed by atoms with E-state index in [1.165, 1.54) is 31.2 Å². The van der Waals surface area contributed by atoms with Crippen LogP contribution in [0.25, 0.3) is 11.0 Å². The number of aliphatic hydroxyl groups is 2. The van der Waals surface area contributed by atoms with Gasteiger partial charge >= 0.3 is 6.03 Å². The lowest BCUT2D eigenvalue weighted by atomic mass is 10.1. The largest absolute Gasteiger partial charge is 0.490 e. The smallest absolute Gasteiger partial charge is 0.316 e. The molecule has 30 heavy (non-hydrogen) atoms. The first-order chi connectivity index (χ1) is 14.1. The second-order valence-electron chi connectivity index (χ2n) is 6.85. The molecule has 1 atom stereocenters. The topological polar surface area (TPSA) is 135 Å². The number of anilines is 1. The fraction of sp³-hybridized carbons (Fsp3) is 0.200. The molecule has 10 heteroatoms. The number of benzene rings is 2. The van der Waals surface area contributed by atoms with Crippen molar-refractivity contribution in [2.24, 2.45) is 5.73 Å². The predicted octanol–water partition coefficient (Wildman–Crippen LogP) is 3.58. The molecule has 3 rings (SSSR count). The highest BCUT2D eigenvalue weighted by Crippen LogP contribution is 2.36. The van der Waals surface area contributed by atoms with E-state index in [0.29, 0.717) is 16.2 Å². The fourth-order valence-electron chi connectivity index (χ4n) is 2.65. The lowest BCUT2D eigenvalue weighted by Crippen LogP contribution is -2.36. The van der Waals surface area contributed by atoms with Gasteiger partial charge in [0.2, 0.25) is 5.78 Å². The van der Waals surface area contributed by atoms with Crippen molar-refractivity contribution in [3.63, 3.8) is 0 Å². The zero-order chi connectivity index (χ0) is 22.1. The van der Waals surface area contributed by atoms with Gasteiger partial charge in [-0.1, -0.05) is 23.2 Å². The summed E-state index contributed by atoms with van der Waals surface area (Å²) in [6, 6.07) is 8.08. The monoisotopic (exact) mass is 452 g/mol. The Balaban J connectivity index is 2.04. The van der Waals surface area contributed by atoms with Gasteiger partial charge in [-0.2, -0.15) is 0 Å². The van der Waals surface area contributed by atoms with Gasteiger partial charge in [0, 0.05) is 22.0 Å². The highest BCUT2D eigenvalue weighted by molar-refractivity contribution is 6.37. The van der Waals surface area contributed by atoms with E-state index >= 15 is 0 Å². The number of carbonyl (C=O) groups excluding carboxylic acids is 2. The first-order valence-corrected chi connectivity index (χ1v) is 9.45. The third-order valence-electron chi connectivity index (χ3n) is 4.18. The number of hydrogen-bond donors (Lipinski definition) is 4. The predicted molar refractivity (Wildman–Crippen MR) is 113 cm³/mol. The van der Waals surface area contributed by atoms with Crippen LogP contribution < -0.4 is 15.8 Å². The second kappa shape index (κ2) is 8.53. The Morgan fingerprint density at radius 2 is 1.97 bits per heavy atom. The number of halogens is 2. The van der Waals surface area contributed by atoms with Crippen LogP contribution in [0.2, 0.25) is 10.0 Å². The van der Waals surface area contributed by atoms with E-state index in [0.717, 1.165) is 0 Å². The van der Waals surface area contributed by atoms with Crippen LogP contribution in [0.4, 0.5) is 10.5 Å². The van der Waals surface area contributed by atoms with Gasteiger partial charge in [-0.3, -0.25) is 4.79 Å². The number of nitrogens with two attached hydrogens (primary N) is 1. The summed E-state index contributed by atoms with van der Waals surface area (Å²) in [5.41, 5.74) is 4.27. The highest BCUT2D eigenvalue weighted by Gasteiger charge is 2.25. The number of nitrogens with one attached hydrogen (secondary N) is 1. The SMILES string of the molecule is CC(O)(CO)COc1ccc2c(NC(N)=O)c(C(=O)c3ccc(Cl)cc3Cl)oc2c1. The number of rotatable bonds is 7. The Kier molecular flexibility index (Phi) is 6.23. The van der Waals surface area contributed by atoms with Crippen molar-refractivity contribution in [2.75, 3.05) is 18.5 Å². The molecule has 0 saturated heterocycles. The van der Waals surface area contributed by atoms with Crippen molar-refractivity contribution >= 4 is 51.7 Å². The van der Waals surface area contributed by atoms with Crippen molar-refractivity contribution < 1.29 is 29.0 Å². The lowest BCUT2D eigenvalue weighted by Gasteiger charge is -2.20. The number of ether oxygens (including phenoxy) is 1. The molecule has 0 aliphatic rings. The molecule has 2 aromatic carbocycles. The molecule has 0 saturated carbocycles. The molecule has 3 aromatic rings. The molecule has 0 fully saturated rings. The van der Waals surface area contributed by atoms with Crippen molar-refractivity contribution in [3.05, 3.63) is 57.8 Å². The third kappa shape index (κ3) is 4.68. The number of fused-ring (bicyclic) bond motifs is 1. The lowest BCUT2D eigenvalue weighted by molar-refractivity contribution is -0.0324. The van der Waals surface area contributed by atoms with Crippen LogP contribution in [-0.4, -0.2) is 40.8 Å². The molecule has 0 radical (unpaired) electrons. The Morgan fingerprint density at radius 1 is 1.23 bits per heavy atom. The maximum Gasteiger partial charge on any atom is 0.316 e. The van der Waals surface area contributed by atoms with E-state index < -0.39 is 24.0 Å². The minimum Gasteiger partial charge on any atom is -0.490 e. The molecule has 158 valence electrons. The van der Waals surface area contributed by atoms with Crippen LogP contribution in [-0.2, 0) is 0 Å². The van der Waals surface area contributed by atoms with Crippen LogP contribution in [0, 0.1) is 0 Å². The Morgan fingerprint density at radius 3 is 2.60 bits per heavy atom. The van der Waals surface area contributed by atoms with E-state index in [1.54, 1.807) is 12.1 Å². The number of urea groups is 1. The van der Waals surface area contributed by atoms with Gasteiger partial charge in [-0.05, 0) is 37.3 Å². The van der Waals surface area contributed by atoms with Gasteiger partial charge in [-0.25, -0.2) is 4.79 Å². The van der Waals surface area contributed by atoms with E-state index in [1.807, 2.05) is 0 Å². The van der Waals surface area contributed by atoms with Crippen molar-refractivity contribution in [2.45, 2.75) is 12.5 Å². The molecule has 0 aliphatic carbocycles. The number of primary amides is 1. The quantitative estimate of drug-likeness (QED) is 0.404. The first-order valence-electron chi connectivity index (χ1n) is 8.70. The van der Waals surface area contributed by atoms with Gasteiger partial charge in [0.15, 0.2) is 5.76 Å². The number of hydrogen-bond acceptors (Lipinski definition) is 6. The molecule has 0 bridgehead atoms. The van der Waals surface area contributed by atoms with Crippen molar-refractivity contribution in [1.29, 1.82) is 0 Å². The van der Waals surface area contributed by atoms with Crippen LogP contribution >= 0.6 is 23.2 Å². The number of ketones is 1. The van der Waals surface area contributed by atoms with Gasteiger partial charge in [0.1, 0.15) is 29.2 Å².